The van der Waals surface area contributed by atoms with Crippen molar-refractivity contribution < 1.29 is 23.8 Å². The van der Waals surface area contributed by atoms with Gasteiger partial charge < -0.3 is 14.3 Å². The molecule has 2 heterocycles. The molecule has 2 rings (SSSR count). The number of amides is 1. The molecule has 2 aromatic rings. The van der Waals surface area contributed by atoms with E-state index in [1.165, 1.54) is 18.3 Å². The summed E-state index contributed by atoms with van der Waals surface area (Å²) in [4.78, 5) is 23.6. The van der Waals surface area contributed by atoms with Gasteiger partial charge in [-0.05, 0) is 17.9 Å². The molecular weight excluding hydrogens is 374 g/mol. The lowest BCUT2D eigenvalue weighted by Crippen LogP contribution is -2.12. The number of carbonyl (C=O) groups excluding carboxylic acids is 2. The van der Waals surface area contributed by atoms with Crippen LogP contribution in [0.3, 0.4) is 0 Å². The molecule has 0 aliphatic carbocycles. The molecule has 0 aliphatic heterocycles. The van der Waals surface area contributed by atoms with E-state index in [9.17, 15) is 14.7 Å². The van der Waals surface area contributed by atoms with Gasteiger partial charge in [-0.2, -0.15) is 0 Å². The summed E-state index contributed by atoms with van der Waals surface area (Å²) < 4.78 is 10.4. The quantitative estimate of drug-likeness (QED) is 0.581. The van der Waals surface area contributed by atoms with E-state index in [1.807, 2.05) is 5.38 Å². The summed E-state index contributed by atoms with van der Waals surface area (Å²) in [6.07, 6.45) is 0.930. The van der Waals surface area contributed by atoms with Gasteiger partial charge in [-0.1, -0.05) is 22.0 Å². The molecular formula is C14H14BrNO5S. The van der Waals surface area contributed by atoms with Crippen LogP contribution in [0.5, 0.6) is 11.5 Å². The summed E-state index contributed by atoms with van der Waals surface area (Å²) in [5.41, 5.74) is 0. The Labute approximate surface area is 139 Å². The number of esters is 1. The van der Waals surface area contributed by atoms with Crippen molar-refractivity contribution >= 4 is 45.0 Å². The molecule has 6 nitrogen and oxygen atoms in total. The van der Waals surface area contributed by atoms with E-state index in [1.54, 1.807) is 12.1 Å². The standard InChI is InChI=1S/C14H14BrNO5S/c1-8(17)20-13-11(19)12(9-4-3-7-22-9)21-14(13)16-10(18)5-2-6-15/h3-4,7,19H,2,5-6H2,1H3,(H,16,18). The fraction of sp³-hybridized carbons (Fsp3) is 0.286. The highest BCUT2D eigenvalue weighted by Crippen LogP contribution is 2.47. The SMILES string of the molecule is CC(=O)Oc1c(NC(=O)CCCBr)oc(-c2cccs2)c1O. The van der Waals surface area contributed by atoms with E-state index >= 15 is 0 Å². The van der Waals surface area contributed by atoms with Crippen LogP contribution in [0.1, 0.15) is 19.8 Å². The molecule has 0 aliphatic rings. The molecule has 0 spiro atoms. The number of alkyl halides is 1. The summed E-state index contributed by atoms with van der Waals surface area (Å²) in [7, 11) is 0. The van der Waals surface area contributed by atoms with Gasteiger partial charge in [0.05, 0.1) is 4.88 Å². The van der Waals surface area contributed by atoms with Crippen molar-refractivity contribution in [1.29, 1.82) is 0 Å². The van der Waals surface area contributed by atoms with Gasteiger partial charge in [0.25, 0.3) is 0 Å². The van der Waals surface area contributed by atoms with Crippen LogP contribution in [0, 0.1) is 0 Å². The molecule has 0 saturated heterocycles. The number of nitrogens with one attached hydrogen (secondary N) is 1. The third kappa shape index (κ3) is 3.89. The van der Waals surface area contributed by atoms with Gasteiger partial charge in [0, 0.05) is 18.7 Å². The van der Waals surface area contributed by atoms with Crippen molar-refractivity contribution in [2.45, 2.75) is 19.8 Å². The maximum Gasteiger partial charge on any atom is 0.308 e. The smallest absolute Gasteiger partial charge is 0.308 e. The zero-order valence-corrected chi connectivity index (χ0v) is 14.1. The Balaban J connectivity index is 2.32. The molecule has 1 amide bonds. The van der Waals surface area contributed by atoms with E-state index in [0.717, 1.165) is 0 Å². The third-order valence-corrected chi connectivity index (χ3v) is 4.05. The molecule has 22 heavy (non-hydrogen) atoms. The lowest BCUT2D eigenvalue weighted by molar-refractivity contribution is -0.132. The molecule has 8 heteroatoms. The van der Waals surface area contributed by atoms with Crippen molar-refractivity contribution in [3.8, 4) is 22.1 Å². The molecule has 2 aromatic heterocycles. The van der Waals surface area contributed by atoms with E-state index < -0.39 is 5.97 Å². The van der Waals surface area contributed by atoms with Gasteiger partial charge in [0.2, 0.25) is 23.3 Å². The van der Waals surface area contributed by atoms with Gasteiger partial charge in [-0.15, -0.1) is 11.3 Å². The van der Waals surface area contributed by atoms with Crippen molar-refractivity contribution in [3.63, 3.8) is 0 Å². The summed E-state index contributed by atoms with van der Waals surface area (Å²) in [6, 6.07) is 3.54. The first-order chi connectivity index (χ1) is 10.5. The molecule has 0 saturated carbocycles. The highest BCUT2D eigenvalue weighted by Gasteiger charge is 2.25. The second-order valence-corrected chi connectivity index (χ2v) is 6.09. The second-order valence-electron chi connectivity index (χ2n) is 4.35. The molecule has 0 aromatic carbocycles. The number of anilines is 1. The minimum Gasteiger partial charge on any atom is -0.501 e. The lowest BCUT2D eigenvalue weighted by atomic mass is 10.3. The molecule has 2 N–H and O–H groups in total. The Morgan fingerprint density at radius 1 is 1.50 bits per heavy atom. The van der Waals surface area contributed by atoms with Crippen LogP contribution in [0.25, 0.3) is 10.6 Å². The van der Waals surface area contributed by atoms with Crippen molar-refractivity contribution in [1.82, 2.24) is 0 Å². The zero-order valence-electron chi connectivity index (χ0n) is 11.7. The lowest BCUT2D eigenvalue weighted by Gasteiger charge is -2.04. The Kier molecular flexibility index (Phi) is 5.62. The number of aromatic hydroxyl groups is 1. The van der Waals surface area contributed by atoms with Gasteiger partial charge in [0.15, 0.2) is 5.76 Å². The fourth-order valence-corrected chi connectivity index (χ4v) is 2.71. The molecule has 0 atom stereocenters. The highest BCUT2D eigenvalue weighted by molar-refractivity contribution is 9.09. The van der Waals surface area contributed by atoms with Crippen LogP contribution in [0.2, 0.25) is 0 Å². The predicted octanol–water partition coefficient (Wildman–Crippen LogP) is 3.75. The van der Waals surface area contributed by atoms with E-state index in [2.05, 4.69) is 21.2 Å². The molecule has 0 unspecified atom stereocenters. The zero-order chi connectivity index (χ0) is 16.1. The minimum absolute atomic E-state index is 0.0735. The Hall–Kier alpha value is -1.80. The van der Waals surface area contributed by atoms with Gasteiger partial charge in [0.1, 0.15) is 0 Å². The predicted molar refractivity (Wildman–Crippen MR) is 86.7 cm³/mol. The van der Waals surface area contributed by atoms with E-state index in [-0.39, 0.29) is 35.5 Å². The van der Waals surface area contributed by atoms with Gasteiger partial charge in [-0.25, -0.2) is 0 Å². The number of furan rings is 1. The number of carbonyl (C=O) groups is 2. The number of rotatable bonds is 6. The molecule has 118 valence electrons. The van der Waals surface area contributed by atoms with Crippen LogP contribution in [-0.2, 0) is 9.59 Å². The summed E-state index contributed by atoms with van der Waals surface area (Å²) in [5.74, 6) is -1.32. The monoisotopic (exact) mass is 387 g/mol. The first kappa shape index (κ1) is 16.6. The van der Waals surface area contributed by atoms with Crippen LogP contribution < -0.4 is 10.1 Å². The average molecular weight is 388 g/mol. The Morgan fingerprint density at radius 3 is 2.86 bits per heavy atom. The fourth-order valence-electron chi connectivity index (χ4n) is 1.72. The third-order valence-electron chi connectivity index (χ3n) is 2.62. The van der Waals surface area contributed by atoms with E-state index in [0.29, 0.717) is 16.6 Å². The first-order valence-electron chi connectivity index (χ1n) is 6.46. The highest BCUT2D eigenvalue weighted by atomic mass is 79.9. The topological polar surface area (TPSA) is 88.8 Å². The van der Waals surface area contributed by atoms with Gasteiger partial charge in [-0.3, -0.25) is 14.9 Å². The number of thiophene rings is 1. The Bertz CT molecular complexity index is 665. The number of halogens is 1. The van der Waals surface area contributed by atoms with Crippen LogP contribution in [0.4, 0.5) is 5.88 Å². The molecule has 0 fully saturated rings. The summed E-state index contributed by atoms with van der Waals surface area (Å²) >= 11 is 4.59. The summed E-state index contributed by atoms with van der Waals surface area (Å²) in [5, 5.41) is 15.2. The van der Waals surface area contributed by atoms with Gasteiger partial charge >= 0.3 is 5.97 Å². The first-order valence-corrected chi connectivity index (χ1v) is 8.47. The largest absolute Gasteiger partial charge is 0.501 e. The average Bonchev–Trinajstić information content (AvgIpc) is 3.08. The Morgan fingerprint density at radius 2 is 2.27 bits per heavy atom. The molecule has 0 radical (unpaired) electrons. The summed E-state index contributed by atoms with van der Waals surface area (Å²) in [6.45, 7) is 1.20. The molecule has 0 bridgehead atoms. The number of hydrogen-bond donors (Lipinski definition) is 2. The van der Waals surface area contributed by atoms with Crippen LogP contribution >= 0.6 is 27.3 Å². The van der Waals surface area contributed by atoms with Crippen molar-refractivity contribution in [2.75, 3.05) is 10.6 Å². The minimum atomic E-state index is -0.621. The number of ether oxygens (including phenoxy) is 1. The second kappa shape index (κ2) is 7.46. The van der Waals surface area contributed by atoms with Crippen LogP contribution in [0.15, 0.2) is 21.9 Å². The van der Waals surface area contributed by atoms with Crippen LogP contribution in [-0.4, -0.2) is 22.3 Å². The maximum atomic E-state index is 11.8. The van der Waals surface area contributed by atoms with Crippen molar-refractivity contribution in [2.24, 2.45) is 0 Å². The van der Waals surface area contributed by atoms with Crippen molar-refractivity contribution in [3.05, 3.63) is 17.5 Å². The van der Waals surface area contributed by atoms with E-state index in [4.69, 9.17) is 9.15 Å². The number of hydrogen-bond acceptors (Lipinski definition) is 6. The maximum absolute atomic E-state index is 11.8. The normalized spacial score (nSPS) is 10.5.